The molecule has 0 saturated carbocycles. The van der Waals surface area contributed by atoms with Gasteiger partial charge in [0.1, 0.15) is 0 Å². The van der Waals surface area contributed by atoms with Crippen molar-refractivity contribution in [2.45, 2.75) is 6.18 Å². The lowest BCUT2D eigenvalue weighted by molar-refractivity contribution is -0.104. The van der Waals surface area contributed by atoms with Gasteiger partial charge < -0.3 is 0 Å². The van der Waals surface area contributed by atoms with Gasteiger partial charge >= 0.3 is 6.18 Å². The van der Waals surface area contributed by atoms with E-state index in [2.05, 4.69) is 15.9 Å². The van der Waals surface area contributed by atoms with Gasteiger partial charge in [-0.2, -0.15) is 13.2 Å². The predicted molar refractivity (Wildman–Crippen MR) is 54.2 cm³/mol. The molecule has 1 nitrogen and oxygen atoms in total. The average Bonchev–Trinajstić information content (AvgIpc) is 2.14. The van der Waals surface area contributed by atoms with Crippen LogP contribution in [-0.4, -0.2) is 12.5 Å². The molecule has 0 heterocycles. The Balaban J connectivity index is 3.08. The molecule has 0 aliphatic carbocycles. The number of hydrogen-bond acceptors (Lipinski definition) is 1. The second-order valence-corrected chi connectivity index (χ2v) is 3.68. The molecule has 0 atom stereocenters. The van der Waals surface area contributed by atoms with E-state index in [1.807, 2.05) is 0 Å². The lowest BCUT2D eigenvalue weighted by Gasteiger charge is -2.03. The smallest absolute Gasteiger partial charge is 0.298 e. The van der Waals surface area contributed by atoms with Gasteiger partial charge in [0.2, 0.25) is 0 Å². The zero-order valence-corrected chi connectivity index (χ0v) is 8.97. The van der Waals surface area contributed by atoms with Crippen molar-refractivity contribution in [3.05, 3.63) is 40.4 Å². The zero-order valence-electron chi connectivity index (χ0n) is 7.38. The van der Waals surface area contributed by atoms with Crippen molar-refractivity contribution in [2.75, 3.05) is 0 Å². The summed E-state index contributed by atoms with van der Waals surface area (Å²) in [7, 11) is 0. The molecule has 0 spiro atoms. The van der Waals surface area contributed by atoms with Gasteiger partial charge in [0, 0.05) is 16.1 Å². The van der Waals surface area contributed by atoms with Crippen molar-refractivity contribution in [2.24, 2.45) is 0 Å². The number of hydrogen-bond donors (Lipinski definition) is 0. The highest BCUT2D eigenvalue weighted by atomic mass is 79.9. The van der Waals surface area contributed by atoms with Gasteiger partial charge in [-0.1, -0.05) is 28.1 Å². The van der Waals surface area contributed by atoms with Crippen LogP contribution in [0.15, 0.2) is 34.8 Å². The summed E-state index contributed by atoms with van der Waals surface area (Å²) in [5.41, 5.74) is -0.138. The number of rotatable bonds is 2. The molecule has 5 heteroatoms. The van der Waals surface area contributed by atoms with Gasteiger partial charge in [0.05, 0.1) is 0 Å². The number of benzene rings is 1. The Bertz CT molecular complexity index is 379. The predicted octanol–water partition coefficient (Wildman–Crippen LogP) is 3.59. The van der Waals surface area contributed by atoms with E-state index >= 15 is 0 Å². The molecule has 15 heavy (non-hydrogen) atoms. The maximum Gasteiger partial charge on any atom is 0.410 e. The van der Waals surface area contributed by atoms with Gasteiger partial charge in [-0.25, -0.2) is 0 Å². The largest absolute Gasteiger partial charge is 0.410 e. The lowest BCUT2D eigenvalue weighted by Crippen LogP contribution is -2.03. The topological polar surface area (TPSA) is 17.1 Å². The Kier molecular flexibility index (Phi) is 3.68. The van der Waals surface area contributed by atoms with Gasteiger partial charge in [-0.3, -0.25) is 4.79 Å². The molecule has 1 aromatic carbocycles. The molecule has 0 aromatic heterocycles. The Hall–Kier alpha value is -1.10. The molecule has 0 aliphatic rings. The molecule has 0 unspecified atom stereocenters. The minimum atomic E-state index is -4.48. The molecule has 80 valence electrons. The van der Waals surface area contributed by atoms with E-state index in [0.29, 0.717) is 0 Å². The standard InChI is InChI=1S/C10H6BrF3O/c11-9-3-1-7(2-4-9)8(6-15)5-10(12,13)14/h1-6H/b8-5-. The Labute approximate surface area is 92.7 Å². The molecule has 0 fully saturated rings. The van der Waals surface area contributed by atoms with Crippen LogP contribution in [0, 0.1) is 0 Å². The molecule has 0 saturated heterocycles. The summed E-state index contributed by atoms with van der Waals surface area (Å²) < 4.78 is 36.8. The van der Waals surface area contributed by atoms with Gasteiger partial charge in [-0.05, 0) is 17.7 Å². The highest BCUT2D eigenvalue weighted by molar-refractivity contribution is 9.10. The van der Waals surface area contributed by atoms with Crippen LogP contribution in [0.2, 0.25) is 0 Å². The van der Waals surface area contributed by atoms with E-state index in [9.17, 15) is 18.0 Å². The van der Waals surface area contributed by atoms with Crippen molar-refractivity contribution in [3.8, 4) is 0 Å². The number of aldehydes is 1. The maximum absolute atomic E-state index is 12.0. The fourth-order valence-corrected chi connectivity index (χ4v) is 1.27. The van der Waals surface area contributed by atoms with Gasteiger partial charge in [0.25, 0.3) is 0 Å². The second-order valence-electron chi connectivity index (χ2n) is 2.77. The summed E-state index contributed by atoms with van der Waals surface area (Å²) in [6.45, 7) is 0. The maximum atomic E-state index is 12.0. The summed E-state index contributed by atoms with van der Waals surface area (Å²) in [5.74, 6) is 0. The quantitative estimate of drug-likeness (QED) is 0.597. The van der Waals surface area contributed by atoms with Crippen molar-refractivity contribution in [3.63, 3.8) is 0 Å². The molecule has 0 amide bonds. The fourth-order valence-electron chi connectivity index (χ4n) is 1.00. The summed E-state index contributed by atoms with van der Waals surface area (Å²) in [5, 5.41) is 0. The summed E-state index contributed by atoms with van der Waals surface area (Å²) in [6.07, 6.45) is -4.30. The van der Waals surface area contributed by atoms with Crippen LogP contribution < -0.4 is 0 Å². The highest BCUT2D eigenvalue weighted by Crippen LogP contribution is 2.23. The third kappa shape index (κ3) is 3.87. The molecule has 0 bridgehead atoms. The SMILES string of the molecule is O=C/C(=C/C(F)(F)F)c1ccc(Br)cc1. The number of carbonyl (C=O) groups excluding carboxylic acids is 1. The second kappa shape index (κ2) is 4.61. The van der Waals surface area contributed by atoms with Crippen LogP contribution in [0.5, 0.6) is 0 Å². The van der Waals surface area contributed by atoms with E-state index in [1.165, 1.54) is 12.1 Å². The first-order valence-electron chi connectivity index (χ1n) is 3.93. The first-order chi connectivity index (χ1) is 6.92. The van der Waals surface area contributed by atoms with Crippen LogP contribution in [0.1, 0.15) is 5.56 Å². The first kappa shape index (κ1) is 12.0. The molecule has 0 aliphatic heterocycles. The zero-order chi connectivity index (χ0) is 11.5. The number of carbonyl (C=O) groups is 1. The minimum absolute atomic E-state index is 0.0107. The van der Waals surface area contributed by atoms with Crippen LogP contribution in [0.3, 0.4) is 0 Å². The molecule has 0 N–H and O–H groups in total. The molecule has 0 radical (unpaired) electrons. The molecular weight excluding hydrogens is 273 g/mol. The summed E-state index contributed by atoms with van der Waals surface area (Å²) in [6, 6.07) is 6.03. The van der Waals surface area contributed by atoms with E-state index in [-0.39, 0.29) is 23.5 Å². The van der Waals surface area contributed by atoms with E-state index in [1.54, 1.807) is 12.1 Å². The van der Waals surface area contributed by atoms with Crippen molar-refractivity contribution < 1.29 is 18.0 Å². The summed E-state index contributed by atoms with van der Waals surface area (Å²) in [4.78, 5) is 10.5. The van der Waals surface area contributed by atoms with E-state index in [4.69, 9.17) is 0 Å². The van der Waals surface area contributed by atoms with Crippen LogP contribution >= 0.6 is 15.9 Å². The monoisotopic (exact) mass is 278 g/mol. The summed E-state index contributed by atoms with van der Waals surface area (Å²) >= 11 is 3.15. The Morgan fingerprint density at radius 1 is 1.20 bits per heavy atom. The Morgan fingerprint density at radius 3 is 2.13 bits per heavy atom. The minimum Gasteiger partial charge on any atom is -0.298 e. The van der Waals surface area contributed by atoms with E-state index < -0.39 is 6.18 Å². The highest BCUT2D eigenvalue weighted by Gasteiger charge is 2.24. The molecular formula is C10H6BrF3O. The van der Waals surface area contributed by atoms with Gasteiger partial charge in [0.15, 0.2) is 6.29 Å². The van der Waals surface area contributed by atoms with Crippen LogP contribution in [0.4, 0.5) is 13.2 Å². The van der Waals surface area contributed by atoms with E-state index in [0.717, 1.165) is 4.47 Å². The lowest BCUT2D eigenvalue weighted by atomic mass is 10.1. The normalized spacial score (nSPS) is 12.7. The number of alkyl halides is 3. The number of allylic oxidation sites excluding steroid dienone is 2. The first-order valence-corrected chi connectivity index (χ1v) is 4.72. The average molecular weight is 279 g/mol. The van der Waals surface area contributed by atoms with Crippen LogP contribution in [-0.2, 0) is 4.79 Å². The van der Waals surface area contributed by atoms with Crippen molar-refractivity contribution in [1.82, 2.24) is 0 Å². The molecule has 1 aromatic rings. The molecule has 1 rings (SSSR count). The number of halogens is 4. The van der Waals surface area contributed by atoms with Crippen LogP contribution in [0.25, 0.3) is 5.57 Å². The third-order valence-corrected chi connectivity index (χ3v) is 2.15. The van der Waals surface area contributed by atoms with Crippen molar-refractivity contribution >= 4 is 27.8 Å². The third-order valence-electron chi connectivity index (χ3n) is 1.62. The Morgan fingerprint density at radius 2 is 1.73 bits per heavy atom. The van der Waals surface area contributed by atoms with Crippen molar-refractivity contribution in [1.29, 1.82) is 0 Å². The fraction of sp³-hybridized carbons (Fsp3) is 0.100. The van der Waals surface area contributed by atoms with Gasteiger partial charge in [-0.15, -0.1) is 0 Å².